The Labute approximate surface area is 177 Å². The summed E-state index contributed by atoms with van der Waals surface area (Å²) in [7, 11) is -2.13. The highest BCUT2D eigenvalue weighted by Gasteiger charge is 2.16. The molecule has 0 aliphatic carbocycles. The molecule has 0 saturated carbocycles. The van der Waals surface area contributed by atoms with Gasteiger partial charge in [0.25, 0.3) is 0 Å². The van der Waals surface area contributed by atoms with Crippen molar-refractivity contribution in [1.29, 1.82) is 0 Å². The Balaban J connectivity index is 1.93. The second kappa shape index (κ2) is 8.73. The van der Waals surface area contributed by atoms with E-state index in [2.05, 4.69) is 20.7 Å². The SMILES string of the molecule is CNS(=O)(=O)C(=Cc1c(C)cccc1OCc1cc(Br)c2occc2c1)SC. The Morgan fingerprint density at radius 1 is 1.32 bits per heavy atom. The lowest BCUT2D eigenvalue weighted by Crippen LogP contribution is -2.18. The molecule has 1 heterocycles. The third-order valence-corrected chi connectivity index (χ3v) is 7.69. The zero-order valence-corrected chi connectivity index (χ0v) is 18.9. The van der Waals surface area contributed by atoms with E-state index in [1.807, 2.05) is 43.3 Å². The lowest BCUT2D eigenvalue weighted by Gasteiger charge is -2.13. The number of benzene rings is 2. The molecule has 1 aromatic heterocycles. The molecule has 0 unspecified atom stereocenters. The number of rotatable bonds is 7. The first kappa shape index (κ1) is 21.0. The van der Waals surface area contributed by atoms with Crippen LogP contribution in [0.3, 0.4) is 0 Å². The van der Waals surface area contributed by atoms with Gasteiger partial charge in [0.1, 0.15) is 22.2 Å². The van der Waals surface area contributed by atoms with Crippen LogP contribution in [0.4, 0.5) is 0 Å². The highest BCUT2D eigenvalue weighted by molar-refractivity contribution is 9.10. The molecule has 2 aromatic carbocycles. The number of aryl methyl sites for hydroxylation is 1. The molecule has 0 amide bonds. The van der Waals surface area contributed by atoms with Crippen molar-refractivity contribution in [3.63, 3.8) is 0 Å². The van der Waals surface area contributed by atoms with E-state index < -0.39 is 10.0 Å². The summed E-state index contributed by atoms with van der Waals surface area (Å²) in [5, 5.41) is 0.988. The van der Waals surface area contributed by atoms with Gasteiger partial charge in [-0.1, -0.05) is 12.1 Å². The Morgan fingerprint density at radius 2 is 2.11 bits per heavy atom. The minimum absolute atomic E-state index is 0.233. The predicted molar refractivity (Wildman–Crippen MR) is 119 cm³/mol. The number of sulfonamides is 1. The highest BCUT2D eigenvalue weighted by atomic mass is 79.9. The number of hydrogen-bond acceptors (Lipinski definition) is 5. The third-order valence-electron chi connectivity index (χ3n) is 4.24. The molecule has 28 heavy (non-hydrogen) atoms. The van der Waals surface area contributed by atoms with Crippen LogP contribution in [-0.4, -0.2) is 21.7 Å². The molecule has 0 radical (unpaired) electrons. The maximum absolute atomic E-state index is 12.2. The topological polar surface area (TPSA) is 68.5 Å². The van der Waals surface area contributed by atoms with Gasteiger partial charge < -0.3 is 9.15 Å². The van der Waals surface area contributed by atoms with Crippen molar-refractivity contribution in [1.82, 2.24) is 4.72 Å². The quantitative estimate of drug-likeness (QED) is 0.496. The second-order valence-corrected chi connectivity index (χ2v) is 9.88. The molecule has 0 aliphatic heterocycles. The van der Waals surface area contributed by atoms with Gasteiger partial charge in [0.2, 0.25) is 10.0 Å². The highest BCUT2D eigenvalue weighted by Crippen LogP contribution is 2.31. The minimum atomic E-state index is -3.53. The zero-order chi connectivity index (χ0) is 20.3. The van der Waals surface area contributed by atoms with E-state index in [9.17, 15) is 8.42 Å². The van der Waals surface area contributed by atoms with Crippen LogP contribution in [0.1, 0.15) is 16.7 Å². The number of thioether (sulfide) groups is 1. The van der Waals surface area contributed by atoms with Crippen LogP contribution in [0, 0.1) is 6.92 Å². The van der Waals surface area contributed by atoms with Crippen LogP contribution >= 0.6 is 27.7 Å². The zero-order valence-electron chi connectivity index (χ0n) is 15.7. The summed E-state index contributed by atoms with van der Waals surface area (Å²) in [6.45, 7) is 2.27. The van der Waals surface area contributed by atoms with E-state index >= 15 is 0 Å². The van der Waals surface area contributed by atoms with Crippen molar-refractivity contribution in [2.24, 2.45) is 0 Å². The third kappa shape index (κ3) is 4.46. The lowest BCUT2D eigenvalue weighted by atomic mass is 10.1. The molecule has 148 valence electrons. The molecular formula is C20H20BrNO4S2. The molecule has 3 aromatic rings. The van der Waals surface area contributed by atoms with Crippen LogP contribution in [0.15, 0.2) is 55.8 Å². The number of hydrogen-bond donors (Lipinski definition) is 1. The molecule has 0 atom stereocenters. The summed E-state index contributed by atoms with van der Waals surface area (Å²) in [5.41, 5.74) is 3.45. The number of furan rings is 1. The van der Waals surface area contributed by atoms with Crippen molar-refractivity contribution >= 4 is 54.8 Å². The normalized spacial score (nSPS) is 12.5. The maximum atomic E-state index is 12.2. The predicted octanol–water partition coefficient (Wildman–Crippen LogP) is 5.29. The summed E-state index contributed by atoms with van der Waals surface area (Å²) in [4.78, 5) is 0. The largest absolute Gasteiger partial charge is 0.488 e. The minimum Gasteiger partial charge on any atom is -0.488 e. The Kier molecular flexibility index (Phi) is 6.54. The Hall–Kier alpha value is -1.74. The second-order valence-electron chi connectivity index (χ2n) is 6.07. The van der Waals surface area contributed by atoms with E-state index in [0.29, 0.717) is 12.4 Å². The van der Waals surface area contributed by atoms with E-state index in [4.69, 9.17) is 9.15 Å². The van der Waals surface area contributed by atoms with Gasteiger partial charge in [-0.05, 0) is 77.6 Å². The fourth-order valence-corrected chi connectivity index (χ4v) is 5.22. The smallest absolute Gasteiger partial charge is 0.246 e. The summed E-state index contributed by atoms with van der Waals surface area (Å²) in [6.07, 6.45) is 5.03. The van der Waals surface area contributed by atoms with Crippen molar-refractivity contribution < 1.29 is 17.6 Å². The first-order chi connectivity index (χ1) is 13.4. The van der Waals surface area contributed by atoms with Gasteiger partial charge in [0, 0.05) is 10.9 Å². The Morgan fingerprint density at radius 3 is 2.82 bits per heavy atom. The van der Waals surface area contributed by atoms with Crippen LogP contribution in [0.25, 0.3) is 17.0 Å². The van der Waals surface area contributed by atoms with Crippen molar-refractivity contribution in [3.8, 4) is 5.75 Å². The molecule has 0 spiro atoms. The van der Waals surface area contributed by atoms with Gasteiger partial charge in [-0.2, -0.15) is 0 Å². The van der Waals surface area contributed by atoms with Gasteiger partial charge in [-0.3, -0.25) is 0 Å². The van der Waals surface area contributed by atoms with E-state index in [1.54, 1.807) is 18.6 Å². The average Bonchev–Trinajstić information content (AvgIpc) is 3.14. The molecule has 3 rings (SSSR count). The fourth-order valence-electron chi connectivity index (χ4n) is 2.77. The number of ether oxygens (including phenoxy) is 1. The van der Waals surface area contributed by atoms with Gasteiger partial charge in [0.05, 0.1) is 10.7 Å². The number of halogens is 1. The average molecular weight is 482 g/mol. The maximum Gasteiger partial charge on any atom is 0.246 e. The molecule has 0 aliphatic rings. The molecular weight excluding hydrogens is 462 g/mol. The van der Waals surface area contributed by atoms with E-state index in [1.165, 1.54) is 18.8 Å². The van der Waals surface area contributed by atoms with Crippen LogP contribution in [0.5, 0.6) is 5.75 Å². The number of nitrogens with one attached hydrogen (secondary N) is 1. The molecule has 8 heteroatoms. The monoisotopic (exact) mass is 481 g/mol. The van der Waals surface area contributed by atoms with Gasteiger partial charge in [-0.15, -0.1) is 11.8 Å². The molecule has 0 bridgehead atoms. The van der Waals surface area contributed by atoms with Crippen LogP contribution in [0.2, 0.25) is 0 Å². The summed E-state index contributed by atoms with van der Waals surface area (Å²) in [5.74, 6) is 0.626. The van der Waals surface area contributed by atoms with Gasteiger partial charge in [0.15, 0.2) is 0 Å². The first-order valence-electron chi connectivity index (χ1n) is 8.43. The van der Waals surface area contributed by atoms with Crippen molar-refractivity contribution in [2.45, 2.75) is 13.5 Å². The Bertz CT molecular complexity index is 1140. The van der Waals surface area contributed by atoms with Crippen molar-refractivity contribution in [3.05, 3.63) is 68.1 Å². The number of fused-ring (bicyclic) bond motifs is 1. The summed E-state index contributed by atoms with van der Waals surface area (Å²) < 4.78 is 39.4. The van der Waals surface area contributed by atoms with Gasteiger partial charge >= 0.3 is 0 Å². The molecule has 5 nitrogen and oxygen atoms in total. The summed E-state index contributed by atoms with van der Waals surface area (Å²) in [6, 6.07) is 11.5. The molecule has 0 saturated heterocycles. The lowest BCUT2D eigenvalue weighted by molar-refractivity contribution is 0.305. The van der Waals surface area contributed by atoms with Gasteiger partial charge in [-0.25, -0.2) is 13.1 Å². The summed E-state index contributed by atoms with van der Waals surface area (Å²) >= 11 is 4.69. The first-order valence-corrected chi connectivity index (χ1v) is 11.9. The fraction of sp³-hybridized carbons (Fsp3) is 0.200. The molecule has 1 N–H and O–H groups in total. The molecule has 0 fully saturated rings. The van der Waals surface area contributed by atoms with Crippen LogP contribution < -0.4 is 9.46 Å². The van der Waals surface area contributed by atoms with Crippen molar-refractivity contribution in [2.75, 3.05) is 13.3 Å². The van der Waals surface area contributed by atoms with Crippen LogP contribution in [-0.2, 0) is 16.6 Å². The standard InChI is InChI=1S/C20H20BrNO4S2/c1-13-5-4-6-18(16(13)11-19(27-3)28(23,24)22-2)26-12-14-9-15-7-8-25-20(15)17(21)10-14/h4-11,22H,12H2,1-3H3. The van der Waals surface area contributed by atoms with E-state index in [0.717, 1.165) is 32.1 Å². The van der Waals surface area contributed by atoms with E-state index in [-0.39, 0.29) is 4.24 Å².